The molecule has 3 aromatic carbocycles. The number of amides is 3. The summed E-state index contributed by atoms with van der Waals surface area (Å²) in [5.41, 5.74) is 0.455. The highest BCUT2D eigenvalue weighted by Crippen LogP contribution is 2.64. The van der Waals surface area contributed by atoms with Gasteiger partial charge in [0.25, 0.3) is 5.91 Å². The second-order valence-corrected chi connectivity index (χ2v) is 14.2. The first-order valence-electron chi connectivity index (χ1n) is 17.5. The molecule has 3 aliphatic rings. The Morgan fingerprint density at radius 1 is 1.02 bits per heavy atom. The Hall–Kier alpha value is -4.44. The van der Waals surface area contributed by atoms with Gasteiger partial charge < -0.3 is 29.3 Å². The van der Waals surface area contributed by atoms with Crippen molar-refractivity contribution in [3.63, 3.8) is 0 Å². The number of nitrogens with zero attached hydrogens (tertiary/aromatic N) is 3. The minimum Gasteiger partial charge on any atom is -0.494 e. The first-order valence-corrected chi connectivity index (χ1v) is 17.9. The van der Waals surface area contributed by atoms with Crippen molar-refractivity contribution < 1.29 is 29.0 Å². The summed E-state index contributed by atoms with van der Waals surface area (Å²) in [5.74, 6) is -2.28. The minimum absolute atomic E-state index is 0.121. The summed E-state index contributed by atoms with van der Waals surface area (Å²) in [4.78, 5) is 50.0. The normalized spacial score (nSPS) is 25.3. The number of likely N-dealkylation sites (tertiary alicyclic amines) is 1. The first kappa shape index (κ1) is 36.4. The molecule has 268 valence electrons. The standard InChI is InChI=1S/C41H46ClN3O6/c1-6-23-43(29-17-19-31(20-18-29)50-8-3)37(47)33-34-38(48)45(30(26-46)25-28-14-10-9-11-15-28)36(41(34)22-21-40(33,5)51-41)39(49)44(24-7-2)35-27(4)13-12-16-32(35)42/h6-7,9-20,30,33-34,36,46H,1-2,8,21-26H2,3-5H3/t30-,33-,34+,36?,40+,41?/m1/s1. The van der Waals surface area contributed by atoms with E-state index in [4.69, 9.17) is 21.1 Å². The van der Waals surface area contributed by atoms with Crippen molar-refractivity contribution in [2.45, 2.75) is 63.3 Å². The van der Waals surface area contributed by atoms with E-state index in [1.165, 1.54) is 4.90 Å². The summed E-state index contributed by atoms with van der Waals surface area (Å²) in [6, 6.07) is 20.3. The zero-order valence-corrected chi connectivity index (χ0v) is 30.2. The van der Waals surface area contributed by atoms with Gasteiger partial charge in [0, 0.05) is 18.8 Å². The van der Waals surface area contributed by atoms with E-state index < -0.39 is 47.6 Å². The molecule has 9 nitrogen and oxygen atoms in total. The van der Waals surface area contributed by atoms with Crippen LogP contribution in [-0.4, -0.2) is 77.3 Å². The quantitative estimate of drug-likeness (QED) is 0.202. The number of rotatable bonds is 14. The van der Waals surface area contributed by atoms with E-state index in [1.807, 2.05) is 75.4 Å². The van der Waals surface area contributed by atoms with Crippen molar-refractivity contribution >= 4 is 40.7 Å². The summed E-state index contributed by atoms with van der Waals surface area (Å²) in [6.45, 7) is 13.9. The second kappa shape index (κ2) is 14.7. The van der Waals surface area contributed by atoms with Crippen LogP contribution in [0.3, 0.4) is 0 Å². The third kappa shape index (κ3) is 6.26. The van der Waals surface area contributed by atoms with Crippen LogP contribution in [0.5, 0.6) is 5.75 Å². The molecule has 3 fully saturated rings. The molecule has 3 aliphatic heterocycles. The van der Waals surface area contributed by atoms with E-state index >= 15 is 9.59 Å². The van der Waals surface area contributed by atoms with Crippen LogP contribution < -0.4 is 14.5 Å². The lowest BCUT2D eigenvalue weighted by atomic mass is 9.66. The summed E-state index contributed by atoms with van der Waals surface area (Å²) in [5, 5.41) is 11.3. The fourth-order valence-corrected chi connectivity index (χ4v) is 8.91. The summed E-state index contributed by atoms with van der Waals surface area (Å²) >= 11 is 6.75. The number of halogens is 1. The van der Waals surface area contributed by atoms with E-state index in [9.17, 15) is 9.90 Å². The van der Waals surface area contributed by atoms with E-state index in [2.05, 4.69) is 13.2 Å². The molecule has 2 unspecified atom stereocenters. The van der Waals surface area contributed by atoms with Crippen LogP contribution in [0.1, 0.15) is 37.8 Å². The molecule has 0 saturated carbocycles. The van der Waals surface area contributed by atoms with Gasteiger partial charge in [-0.3, -0.25) is 14.4 Å². The number of para-hydroxylation sites is 1. The van der Waals surface area contributed by atoms with Gasteiger partial charge in [-0.1, -0.05) is 66.2 Å². The van der Waals surface area contributed by atoms with Gasteiger partial charge in [-0.05, 0) is 81.5 Å². The smallest absolute Gasteiger partial charge is 0.253 e. The van der Waals surface area contributed by atoms with Crippen LogP contribution in [0, 0.1) is 18.8 Å². The minimum atomic E-state index is -1.33. The number of aliphatic hydroxyl groups is 1. The lowest BCUT2D eigenvalue weighted by Crippen LogP contribution is -2.59. The molecule has 2 bridgehead atoms. The molecule has 3 aromatic rings. The summed E-state index contributed by atoms with van der Waals surface area (Å²) in [6.07, 6.45) is 4.41. The molecule has 3 saturated heterocycles. The molecule has 3 heterocycles. The Morgan fingerprint density at radius 2 is 1.71 bits per heavy atom. The average molecular weight is 712 g/mol. The Morgan fingerprint density at radius 3 is 2.33 bits per heavy atom. The van der Waals surface area contributed by atoms with Gasteiger partial charge in [-0.15, -0.1) is 13.2 Å². The van der Waals surface area contributed by atoms with Crippen molar-refractivity contribution in [3.8, 4) is 5.75 Å². The molecule has 0 aliphatic carbocycles. The first-order chi connectivity index (χ1) is 24.5. The molecule has 3 amide bonds. The summed E-state index contributed by atoms with van der Waals surface area (Å²) in [7, 11) is 0. The number of hydrogen-bond donors (Lipinski definition) is 1. The van der Waals surface area contributed by atoms with Gasteiger partial charge in [0.15, 0.2) is 0 Å². The number of aliphatic hydroxyl groups excluding tert-OH is 1. The number of aryl methyl sites for hydroxylation is 1. The number of fused-ring (bicyclic) bond motifs is 1. The molecular weight excluding hydrogens is 666 g/mol. The zero-order valence-electron chi connectivity index (χ0n) is 29.5. The fourth-order valence-electron chi connectivity index (χ4n) is 8.59. The third-order valence-corrected chi connectivity index (χ3v) is 11.0. The monoisotopic (exact) mass is 711 g/mol. The number of benzene rings is 3. The van der Waals surface area contributed by atoms with Gasteiger partial charge >= 0.3 is 0 Å². The van der Waals surface area contributed by atoms with Gasteiger partial charge in [0.2, 0.25) is 11.8 Å². The highest BCUT2D eigenvalue weighted by atomic mass is 35.5. The maximum Gasteiger partial charge on any atom is 0.253 e. The van der Waals surface area contributed by atoms with Gasteiger partial charge in [-0.25, -0.2) is 0 Å². The van der Waals surface area contributed by atoms with Crippen LogP contribution in [0.4, 0.5) is 11.4 Å². The van der Waals surface area contributed by atoms with Gasteiger partial charge in [0.05, 0.1) is 47.4 Å². The molecule has 1 N–H and O–H groups in total. The second-order valence-electron chi connectivity index (χ2n) is 13.8. The van der Waals surface area contributed by atoms with E-state index in [-0.39, 0.29) is 24.9 Å². The van der Waals surface area contributed by atoms with Crippen molar-refractivity contribution in [1.82, 2.24) is 4.90 Å². The molecule has 6 atom stereocenters. The highest BCUT2D eigenvalue weighted by Gasteiger charge is 2.79. The molecule has 0 aromatic heterocycles. The molecule has 51 heavy (non-hydrogen) atoms. The lowest BCUT2D eigenvalue weighted by molar-refractivity contribution is -0.148. The number of hydrogen-bond acceptors (Lipinski definition) is 6. The van der Waals surface area contributed by atoms with Crippen molar-refractivity contribution in [3.05, 3.63) is 114 Å². The Bertz CT molecular complexity index is 1780. The van der Waals surface area contributed by atoms with Crippen LogP contribution in [0.25, 0.3) is 0 Å². The Balaban J connectivity index is 1.47. The molecule has 10 heteroatoms. The Labute approximate surface area is 305 Å². The van der Waals surface area contributed by atoms with Crippen LogP contribution in [-0.2, 0) is 25.5 Å². The zero-order chi connectivity index (χ0) is 36.5. The van der Waals surface area contributed by atoms with Crippen molar-refractivity contribution in [2.75, 3.05) is 36.1 Å². The molecule has 1 spiro atoms. The predicted octanol–water partition coefficient (Wildman–Crippen LogP) is 6.15. The number of anilines is 2. The highest BCUT2D eigenvalue weighted by molar-refractivity contribution is 6.34. The molecule has 0 radical (unpaired) electrons. The van der Waals surface area contributed by atoms with Crippen LogP contribution >= 0.6 is 11.6 Å². The topological polar surface area (TPSA) is 99.6 Å². The third-order valence-electron chi connectivity index (χ3n) is 10.7. The van der Waals surface area contributed by atoms with Crippen molar-refractivity contribution in [1.29, 1.82) is 0 Å². The number of carbonyl (C=O) groups excluding carboxylic acids is 3. The molecular formula is C41H46ClN3O6. The van der Waals surface area contributed by atoms with Gasteiger partial charge in [0.1, 0.15) is 17.4 Å². The van der Waals surface area contributed by atoms with Crippen LogP contribution in [0.2, 0.25) is 5.02 Å². The largest absolute Gasteiger partial charge is 0.494 e. The molecule has 6 rings (SSSR count). The van der Waals surface area contributed by atoms with Gasteiger partial charge in [-0.2, -0.15) is 0 Å². The number of carbonyl (C=O) groups is 3. The fraction of sp³-hybridized carbons (Fsp3) is 0.390. The average Bonchev–Trinajstić information content (AvgIpc) is 3.70. The van der Waals surface area contributed by atoms with E-state index in [1.54, 1.807) is 40.2 Å². The Kier molecular flexibility index (Phi) is 10.4. The number of ether oxygens (including phenoxy) is 2. The van der Waals surface area contributed by atoms with Crippen LogP contribution in [0.15, 0.2) is 98.1 Å². The maximum absolute atomic E-state index is 15.3. The van der Waals surface area contributed by atoms with E-state index in [0.717, 1.165) is 11.1 Å². The maximum atomic E-state index is 15.3. The lowest BCUT2D eigenvalue weighted by Gasteiger charge is -2.40. The SMILES string of the molecule is C=CCN(C(=O)[C@H]1[C@H]2C(=O)N([C@@H](CO)Cc3ccccc3)C(C(=O)N(CC=C)c3c(C)cccc3Cl)C23CC[C@]1(C)O3)c1ccc(OCC)cc1. The predicted molar refractivity (Wildman–Crippen MR) is 199 cm³/mol. The summed E-state index contributed by atoms with van der Waals surface area (Å²) < 4.78 is 12.6. The van der Waals surface area contributed by atoms with E-state index in [0.29, 0.717) is 48.0 Å². The van der Waals surface area contributed by atoms with Crippen molar-refractivity contribution in [2.24, 2.45) is 11.8 Å².